The number of carboxylic acid groups (broad SMARTS) is 1. The maximum Gasteiger partial charge on any atom is 0.330 e. The third-order valence-corrected chi connectivity index (χ3v) is 3.14. The Morgan fingerprint density at radius 1 is 1.33 bits per heavy atom. The van der Waals surface area contributed by atoms with Gasteiger partial charge in [0.05, 0.1) is 18.4 Å². The van der Waals surface area contributed by atoms with Gasteiger partial charge in [0.2, 0.25) is 0 Å². The van der Waals surface area contributed by atoms with Crippen LogP contribution in [0.3, 0.4) is 0 Å². The fourth-order valence-electron chi connectivity index (χ4n) is 1.15. The smallest absolute Gasteiger partial charge is 0.330 e. The highest BCUT2D eigenvalue weighted by molar-refractivity contribution is 7.14. The number of Topliss-reactive ketones (excluding diaryl/α,β-unsaturated/α-hetero) is 1. The van der Waals surface area contributed by atoms with E-state index in [1.165, 1.54) is 24.5 Å². The van der Waals surface area contributed by atoms with E-state index in [-0.39, 0.29) is 18.6 Å². The number of ether oxygens (including phenoxy) is 1. The predicted octanol–water partition coefficient (Wildman–Crippen LogP) is 1.98. The molecule has 0 radical (unpaired) electrons. The second-order valence-electron chi connectivity index (χ2n) is 3.38. The molecule has 96 valence electrons. The summed E-state index contributed by atoms with van der Waals surface area (Å²) in [6.45, 7) is 0. The topological polar surface area (TPSA) is 80.7 Å². The quantitative estimate of drug-likeness (QED) is 0.484. The van der Waals surface area contributed by atoms with Gasteiger partial charge in [-0.05, 0) is 18.2 Å². The molecule has 18 heavy (non-hydrogen) atoms. The molecule has 1 aromatic rings. The molecule has 1 heterocycles. The first-order valence-electron chi connectivity index (χ1n) is 5.14. The number of carboxylic acids is 1. The SMILES string of the molecule is COC(=O)C=Cc1ccc(C(=O)CCC(=O)O)s1. The third kappa shape index (κ3) is 4.50. The summed E-state index contributed by atoms with van der Waals surface area (Å²) in [4.78, 5) is 34.0. The van der Waals surface area contributed by atoms with E-state index >= 15 is 0 Å². The van der Waals surface area contributed by atoms with Crippen LogP contribution >= 0.6 is 11.3 Å². The average molecular weight is 268 g/mol. The molecular weight excluding hydrogens is 256 g/mol. The summed E-state index contributed by atoms with van der Waals surface area (Å²) in [6, 6.07) is 3.31. The van der Waals surface area contributed by atoms with Gasteiger partial charge in [-0.1, -0.05) is 0 Å². The van der Waals surface area contributed by atoms with Crippen LogP contribution in [0.5, 0.6) is 0 Å². The minimum Gasteiger partial charge on any atom is -0.481 e. The van der Waals surface area contributed by atoms with Crippen molar-refractivity contribution < 1.29 is 24.2 Å². The van der Waals surface area contributed by atoms with Crippen LogP contribution in [-0.4, -0.2) is 29.9 Å². The maximum absolute atomic E-state index is 11.6. The van der Waals surface area contributed by atoms with E-state index in [1.54, 1.807) is 18.2 Å². The van der Waals surface area contributed by atoms with Crippen molar-refractivity contribution in [3.63, 3.8) is 0 Å². The molecule has 0 unspecified atom stereocenters. The summed E-state index contributed by atoms with van der Waals surface area (Å²) in [5.74, 6) is -1.67. The first-order chi connectivity index (χ1) is 8.52. The van der Waals surface area contributed by atoms with Gasteiger partial charge >= 0.3 is 11.9 Å². The number of carbonyl (C=O) groups is 3. The van der Waals surface area contributed by atoms with Gasteiger partial charge in [-0.2, -0.15) is 0 Å². The molecule has 1 rings (SSSR count). The zero-order valence-corrected chi connectivity index (χ0v) is 10.5. The fourth-order valence-corrected chi connectivity index (χ4v) is 2.03. The molecule has 0 amide bonds. The third-order valence-electron chi connectivity index (χ3n) is 2.05. The molecule has 5 nitrogen and oxygen atoms in total. The fraction of sp³-hybridized carbons (Fsp3) is 0.250. The van der Waals surface area contributed by atoms with Gasteiger partial charge < -0.3 is 9.84 Å². The monoisotopic (exact) mass is 268 g/mol. The standard InChI is InChI=1S/C12H12O5S/c1-17-12(16)7-3-8-2-5-10(18-8)9(13)4-6-11(14)15/h2-3,5,7H,4,6H2,1H3,(H,14,15). The van der Waals surface area contributed by atoms with Crippen molar-refractivity contribution in [2.45, 2.75) is 12.8 Å². The number of esters is 1. The number of methoxy groups -OCH3 is 1. The Morgan fingerprint density at radius 3 is 2.67 bits per heavy atom. The molecule has 0 fully saturated rings. The van der Waals surface area contributed by atoms with Crippen molar-refractivity contribution in [1.29, 1.82) is 0 Å². The highest BCUT2D eigenvalue weighted by atomic mass is 32.1. The van der Waals surface area contributed by atoms with Gasteiger partial charge in [-0.15, -0.1) is 11.3 Å². The van der Waals surface area contributed by atoms with E-state index in [9.17, 15) is 14.4 Å². The largest absolute Gasteiger partial charge is 0.481 e. The Morgan fingerprint density at radius 2 is 2.06 bits per heavy atom. The van der Waals surface area contributed by atoms with Crippen molar-refractivity contribution >= 4 is 35.1 Å². The van der Waals surface area contributed by atoms with Gasteiger partial charge in [0.25, 0.3) is 0 Å². The van der Waals surface area contributed by atoms with Crippen LogP contribution in [0.2, 0.25) is 0 Å². The van der Waals surface area contributed by atoms with Crippen molar-refractivity contribution in [3.05, 3.63) is 28.0 Å². The second-order valence-corrected chi connectivity index (χ2v) is 4.49. The lowest BCUT2D eigenvalue weighted by Crippen LogP contribution is -2.01. The van der Waals surface area contributed by atoms with Gasteiger partial charge in [0, 0.05) is 17.4 Å². The number of hydrogen-bond acceptors (Lipinski definition) is 5. The zero-order chi connectivity index (χ0) is 13.5. The first-order valence-corrected chi connectivity index (χ1v) is 5.95. The number of rotatable bonds is 6. The second kappa shape index (κ2) is 6.70. The van der Waals surface area contributed by atoms with E-state index in [4.69, 9.17) is 5.11 Å². The Labute approximate surface area is 108 Å². The summed E-state index contributed by atoms with van der Waals surface area (Å²) in [5.41, 5.74) is 0. The van der Waals surface area contributed by atoms with Crippen molar-refractivity contribution in [3.8, 4) is 0 Å². The summed E-state index contributed by atoms with van der Waals surface area (Å²) in [7, 11) is 1.28. The average Bonchev–Trinajstić information content (AvgIpc) is 2.81. The van der Waals surface area contributed by atoms with E-state index in [0.29, 0.717) is 4.88 Å². The minimum absolute atomic E-state index is 0.0179. The van der Waals surface area contributed by atoms with Crippen molar-refractivity contribution in [2.75, 3.05) is 7.11 Å². The van der Waals surface area contributed by atoms with E-state index < -0.39 is 11.9 Å². The molecule has 0 atom stereocenters. The van der Waals surface area contributed by atoms with Crippen LogP contribution in [0, 0.1) is 0 Å². The van der Waals surface area contributed by atoms with Gasteiger partial charge in [0.1, 0.15) is 0 Å². The van der Waals surface area contributed by atoms with Crippen LogP contribution in [0.25, 0.3) is 6.08 Å². The lowest BCUT2D eigenvalue weighted by atomic mass is 10.2. The van der Waals surface area contributed by atoms with Gasteiger partial charge in [-0.25, -0.2) is 4.79 Å². The summed E-state index contributed by atoms with van der Waals surface area (Å²) in [6.07, 6.45) is 2.61. The predicted molar refractivity (Wildman–Crippen MR) is 66.6 cm³/mol. The van der Waals surface area contributed by atoms with Crippen molar-refractivity contribution in [2.24, 2.45) is 0 Å². The molecule has 6 heteroatoms. The molecule has 0 aromatic carbocycles. The molecule has 0 aliphatic carbocycles. The lowest BCUT2D eigenvalue weighted by molar-refractivity contribution is -0.137. The van der Waals surface area contributed by atoms with Gasteiger partial charge in [0.15, 0.2) is 5.78 Å². The number of carbonyl (C=O) groups excluding carboxylic acids is 2. The molecule has 0 aliphatic rings. The number of aliphatic carboxylic acids is 1. The van der Waals surface area contributed by atoms with Gasteiger partial charge in [-0.3, -0.25) is 9.59 Å². The first kappa shape index (κ1) is 14.1. The molecule has 0 spiro atoms. The molecule has 0 aliphatic heterocycles. The normalized spacial score (nSPS) is 10.5. The summed E-state index contributed by atoms with van der Waals surface area (Å²) in [5, 5.41) is 8.48. The molecule has 1 aromatic heterocycles. The van der Waals surface area contributed by atoms with Crippen LogP contribution in [0.1, 0.15) is 27.4 Å². The Kier molecular flexibility index (Phi) is 5.26. The number of ketones is 1. The van der Waals surface area contributed by atoms with E-state index in [2.05, 4.69) is 4.74 Å². The Bertz CT molecular complexity index is 486. The van der Waals surface area contributed by atoms with Crippen LogP contribution in [0.4, 0.5) is 0 Å². The molecule has 1 N–H and O–H groups in total. The molecule has 0 bridgehead atoms. The highest BCUT2D eigenvalue weighted by Crippen LogP contribution is 2.20. The molecular formula is C12H12O5S. The Hall–Kier alpha value is -1.95. The highest BCUT2D eigenvalue weighted by Gasteiger charge is 2.10. The van der Waals surface area contributed by atoms with Crippen molar-refractivity contribution in [1.82, 2.24) is 0 Å². The van der Waals surface area contributed by atoms with E-state index in [0.717, 1.165) is 4.88 Å². The van der Waals surface area contributed by atoms with Crippen LogP contribution < -0.4 is 0 Å². The lowest BCUT2D eigenvalue weighted by Gasteiger charge is -1.93. The minimum atomic E-state index is -0.995. The molecule has 0 saturated carbocycles. The van der Waals surface area contributed by atoms with Crippen LogP contribution in [-0.2, 0) is 14.3 Å². The maximum atomic E-state index is 11.6. The molecule has 0 saturated heterocycles. The number of hydrogen-bond donors (Lipinski definition) is 1. The summed E-state index contributed by atoms with van der Waals surface area (Å²) >= 11 is 1.21. The van der Waals surface area contributed by atoms with E-state index in [1.807, 2.05) is 0 Å². The Balaban J connectivity index is 2.62. The zero-order valence-electron chi connectivity index (χ0n) is 9.71. The number of thiophene rings is 1. The van der Waals surface area contributed by atoms with Crippen LogP contribution in [0.15, 0.2) is 18.2 Å². The summed E-state index contributed by atoms with van der Waals surface area (Å²) < 4.78 is 4.44.